The zero-order valence-corrected chi connectivity index (χ0v) is 17.0. The van der Waals surface area contributed by atoms with Crippen LogP contribution in [0.15, 0.2) is 42.5 Å². The van der Waals surface area contributed by atoms with Crippen molar-refractivity contribution in [3.8, 4) is 0 Å². The van der Waals surface area contributed by atoms with E-state index in [-0.39, 0.29) is 17.5 Å². The maximum Gasteiger partial charge on any atom is 0.355 e. The Hall–Kier alpha value is -3.41. The van der Waals surface area contributed by atoms with Crippen molar-refractivity contribution >= 4 is 28.4 Å². The van der Waals surface area contributed by atoms with E-state index in [4.69, 9.17) is 4.74 Å². The van der Waals surface area contributed by atoms with Gasteiger partial charge in [0.1, 0.15) is 5.69 Å². The predicted octanol–water partition coefficient (Wildman–Crippen LogP) is 4.02. The van der Waals surface area contributed by atoms with Crippen LogP contribution in [-0.4, -0.2) is 29.3 Å². The molecule has 2 aromatic carbocycles. The number of carbonyl (C=O) groups is 3. The molecule has 0 unspecified atom stereocenters. The molecular formula is C23H24N2O4. The van der Waals surface area contributed by atoms with Gasteiger partial charge in [0.05, 0.1) is 6.04 Å². The number of esters is 1. The van der Waals surface area contributed by atoms with E-state index in [1.807, 2.05) is 49.4 Å². The van der Waals surface area contributed by atoms with E-state index in [1.54, 1.807) is 13.8 Å². The Kier molecular flexibility index (Phi) is 5.82. The van der Waals surface area contributed by atoms with E-state index in [0.717, 1.165) is 16.3 Å². The molecule has 0 bridgehead atoms. The molecule has 0 spiro atoms. The number of ether oxygens (including phenoxy) is 1. The first-order valence-electron chi connectivity index (χ1n) is 9.43. The molecule has 0 aliphatic heterocycles. The van der Waals surface area contributed by atoms with Crippen LogP contribution in [0.3, 0.4) is 0 Å². The summed E-state index contributed by atoms with van der Waals surface area (Å²) in [7, 11) is 0. The molecule has 0 saturated carbocycles. The van der Waals surface area contributed by atoms with Crippen LogP contribution < -0.4 is 5.32 Å². The van der Waals surface area contributed by atoms with Gasteiger partial charge in [-0.25, -0.2) is 4.79 Å². The third-order valence-corrected chi connectivity index (χ3v) is 5.00. The summed E-state index contributed by atoms with van der Waals surface area (Å²) in [6, 6.07) is 13.6. The number of ketones is 1. The van der Waals surface area contributed by atoms with Crippen molar-refractivity contribution in [1.82, 2.24) is 10.3 Å². The molecule has 0 aliphatic rings. The largest absolute Gasteiger partial charge is 0.451 e. The van der Waals surface area contributed by atoms with Gasteiger partial charge < -0.3 is 15.0 Å². The number of H-pyrrole nitrogens is 1. The number of Topliss-reactive ketones (excluding diaryl/α,β-unsaturated/α-hetero) is 1. The minimum Gasteiger partial charge on any atom is -0.451 e. The Balaban J connectivity index is 1.65. The van der Waals surface area contributed by atoms with Crippen molar-refractivity contribution in [3.63, 3.8) is 0 Å². The normalized spacial score (nSPS) is 11.9. The molecule has 1 amide bonds. The maximum absolute atomic E-state index is 12.3. The zero-order chi connectivity index (χ0) is 21.1. The lowest BCUT2D eigenvalue weighted by Gasteiger charge is -2.16. The summed E-state index contributed by atoms with van der Waals surface area (Å²) in [4.78, 5) is 39.2. The third kappa shape index (κ3) is 4.21. The SMILES string of the molecule is CC(=O)c1c(C)[nH]c(C(=O)OCC(=O)N[C@H](C)c2cccc3ccccc23)c1C. The van der Waals surface area contributed by atoms with Crippen molar-refractivity contribution in [3.05, 3.63) is 70.5 Å². The molecule has 0 fully saturated rings. The van der Waals surface area contributed by atoms with Crippen LogP contribution in [0, 0.1) is 13.8 Å². The van der Waals surface area contributed by atoms with Gasteiger partial charge in [0.15, 0.2) is 12.4 Å². The number of rotatable bonds is 6. The average Bonchev–Trinajstić information content (AvgIpc) is 2.99. The Bertz CT molecular complexity index is 1090. The molecule has 0 saturated heterocycles. The summed E-state index contributed by atoms with van der Waals surface area (Å²) >= 11 is 0. The lowest BCUT2D eigenvalue weighted by Crippen LogP contribution is -2.31. The molecule has 29 heavy (non-hydrogen) atoms. The van der Waals surface area contributed by atoms with Crippen LogP contribution in [0.2, 0.25) is 0 Å². The van der Waals surface area contributed by atoms with E-state index in [1.165, 1.54) is 6.92 Å². The monoisotopic (exact) mass is 392 g/mol. The molecule has 3 aromatic rings. The second-order valence-corrected chi connectivity index (χ2v) is 7.11. The summed E-state index contributed by atoms with van der Waals surface area (Å²) in [5.74, 6) is -1.19. The van der Waals surface area contributed by atoms with Crippen molar-refractivity contribution < 1.29 is 19.1 Å². The number of hydrogen-bond donors (Lipinski definition) is 2. The van der Waals surface area contributed by atoms with E-state index < -0.39 is 18.5 Å². The van der Waals surface area contributed by atoms with Crippen LogP contribution in [0.4, 0.5) is 0 Å². The second-order valence-electron chi connectivity index (χ2n) is 7.11. The van der Waals surface area contributed by atoms with Crippen molar-refractivity contribution in [2.45, 2.75) is 33.7 Å². The highest BCUT2D eigenvalue weighted by Gasteiger charge is 2.22. The highest BCUT2D eigenvalue weighted by atomic mass is 16.5. The van der Waals surface area contributed by atoms with Gasteiger partial charge in [-0.05, 0) is 49.6 Å². The number of aryl methyl sites for hydroxylation is 1. The number of carbonyl (C=O) groups excluding carboxylic acids is 3. The van der Waals surface area contributed by atoms with Crippen molar-refractivity contribution in [1.29, 1.82) is 0 Å². The Morgan fingerprint density at radius 3 is 2.45 bits per heavy atom. The van der Waals surface area contributed by atoms with Gasteiger partial charge in [-0.3, -0.25) is 9.59 Å². The summed E-state index contributed by atoms with van der Waals surface area (Å²) < 4.78 is 5.15. The minimum atomic E-state index is -0.661. The molecule has 1 atom stereocenters. The van der Waals surface area contributed by atoms with Gasteiger partial charge in [0, 0.05) is 11.3 Å². The number of aromatic nitrogens is 1. The molecule has 1 heterocycles. The van der Waals surface area contributed by atoms with Crippen LogP contribution in [0.5, 0.6) is 0 Å². The van der Waals surface area contributed by atoms with Gasteiger partial charge in [0.25, 0.3) is 5.91 Å². The van der Waals surface area contributed by atoms with E-state index in [9.17, 15) is 14.4 Å². The third-order valence-electron chi connectivity index (χ3n) is 5.00. The summed E-state index contributed by atoms with van der Waals surface area (Å²) in [5, 5.41) is 5.02. The fourth-order valence-corrected chi connectivity index (χ4v) is 3.67. The number of fused-ring (bicyclic) bond motifs is 1. The first-order chi connectivity index (χ1) is 13.8. The quantitative estimate of drug-likeness (QED) is 0.490. The average molecular weight is 392 g/mol. The maximum atomic E-state index is 12.3. The summed E-state index contributed by atoms with van der Waals surface area (Å²) in [6.07, 6.45) is 0. The minimum absolute atomic E-state index is 0.128. The molecule has 0 aliphatic carbocycles. The highest BCUT2D eigenvalue weighted by molar-refractivity contribution is 6.01. The molecule has 1 aromatic heterocycles. The van der Waals surface area contributed by atoms with Crippen LogP contribution >= 0.6 is 0 Å². The van der Waals surface area contributed by atoms with Crippen LogP contribution in [0.25, 0.3) is 10.8 Å². The molecule has 3 rings (SSSR count). The van der Waals surface area contributed by atoms with Crippen LogP contribution in [-0.2, 0) is 9.53 Å². The number of benzene rings is 2. The number of nitrogens with one attached hydrogen (secondary N) is 2. The van der Waals surface area contributed by atoms with E-state index in [2.05, 4.69) is 10.3 Å². The molecule has 2 N–H and O–H groups in total. The van der Waals surface area contributed by atoms with Gasteiger partial charge in [-0.1, -0.05) is 42.5 Å². The van der Waals surface area contributed by atoms with Gasteiger partial charge in [-0.15, -0.1) is 0 Å². The zero-order valence-electron chi connectivity index (χ0n) is 17.0. The second kappa shape index (κ2) is 8.31. The topological polar surface area (TPSA) is 88.3 Å². The predicted molar refractivity (Wildman–Crippen MR) is 111 cm³/mol. The van der Waals surface area contributed by atoms with Gasteiger partial charge in [0.2, 0.25) is 0 Å². The number of aromatic amines is 1. The van der Waals surface area contributed by atoms with E-state index >= 15 is 0 Å². The summed E-state index contributed by atoms with van der Waals surface area (Å²) in [5.41, 5.74) is 2.80. The molecule has 0 radical (unpaired) electrons. The number of amides is 1. The highest BCUT2D eigenvalue weighted by Crippen LogP contribution is 2.24. The first kappa shape index (κ1) is 20.3. The Morgan fingerprint density at radius 1 is 1.07 bits per heavy atom. The number of hydrogen-bond acceptors (Lipinski definition) is 4. The lowest BCUT2D eigenvalue weighted by atomic mass is 10.00. The molecule has 150 valence electrons. The molecule has 6 nitrogen and oxygen atoms in total. The molecular weight excluding hydrogens is 368 g/mol. The van der Waals surface area contributed by atoms with Crippen molar-refractivity contribution in [2.24, 2.45) is 0 Å². The van der Waals surface area contributed by atoms with Gasteiger partial charge >= 0.3 is 5.97 Å². The smallest absolute Gasteiger partial charge is 0.355 e. The van der Waals surface area contributed by atoms with Crippen LogP contribution in [0.1, 0.15) is 57.6 Å². The fraction of sp³-hybridized carbons (Fsp3) is 0.261. The Morgan fingerprint density at radius 2 is 1.76 bits per heavy atom. The van der Waals surface area contributed by atoms with Crippen molar-refractivity contribution in [2.75, 3.05) is 6.61 Å². The van der Waals surface area contributed by atoms with Gasteiger partial charge in [-0.2, -0.15) is 0 Å². The Labute approximate surface area is 169 Å². The lowest BCUT2D eigenvalue weighted by molar-refractivity contribution is -0.124. The fourth-order valence-electron chi connectivity index (χ4n) is 3.67. The van der Waals surface area contributed by atoms with E-state index in [0.29, 0.717) is 16.8 Å². The first-order valence-corrected chi connectivity index (χ1v) is 9.43. The summed E-state index contributed by atoms with van der Waals surface area (Å²) in [6.45, 7) is 6.33. The standard InChI is InChI=1S/C23H24N2O4/c1-13-21(16(4)26)15(3)25-22(13)23(28)29-12-20(27)24-14(2)18-11-7-9-17-8-5-6-10-19(17)18/h5-11,14,25H,12H2,1-4H3,(H,24,27)/t14-/m1/s1. The molecule has 6 heteroatoms.